The lowest BCUT2D eigenvalue weighted by molar-refractivity contribution is -0.123. The lowest BCUT2D eigenvalue weighted by Gasteiger charge is -2.29. The molecule has 7 heteroatoms. The monoisotopic (exact) mass is 453 g/mol. The van der Waals surface area contributed by atoms with Crippen LogP contribution in [0.5, 0.6) is 5.75 Å². The quantitative estimate of drug-likeness (QED) is 0.407. The zero-order valence-corrected chi connectivity index (χ0v) is 18.6. The number of amides is 1. The maximum Gasteiger partial charge on any atom is 0.237 e. The van der Waals surface area contributed by atoms with Crippen molar-refractivity contribution in [2.24, 2.45) is 5.73 Å². The van der Waals surface area contributed by atoms with Gasteiger partial charge in [0.1, 0.15) is 11.8 Å². The highest BCUT2D eigenvalue weighted by molar-refractivity contribution is 7.98. The molecule has 30 heavy (non-hydrogen) atoms. The van der Waals surface area contributed by atoms with Crippen molar-refractivity contribution in [3.05, 3.63) is 72.3 Å². The molecule has 1 aliphatic rings. The first-order valence-electron chi connectivity index (χ1n) is 10.8. The number of halogens is 1. The molecule has 0 saturated heterocycles. The van der Waals surface area contributed by atoms with Gasteiger partial charge in [-0.2, -0.15) is 11.8 Å². The van der Waals surface area contributed by atoms with E-state index in [1.165, 1.54) is 6.07 Å². The number of carbonyl (C=O) groups excluding carboxylic acids is 1. The van der Waals surface area contributed by atoms with Gasteiger partial charge in [-0.1, -0.05) is 30.3 Å². The van der Waals surface area contributed by atoms with Gasteiger partial charge in [-0.3, -0.25) is 4.79 Å². The Bertz CT molecular complexity index is 967. The van der Waals surface area contributed by atoms with Crippen LogP contribution in [-0.2, 0) is 11.2 Å². The number of phenolic OH excluding ortho intramolecular Hbond substituents is 1. The minimum Gasteiger partial charge on any atom is -0.508 e. The smallest absolute Gasteiger partial charge is 0.237 e. The molecule has 0 aromatic heterocycles. The van der Waals surface area contributed by atoms with Crippen molar-refractivity contribution < 1.29 is 19.1 Å². The molecule has 0 spiro atoms. The van der Waals surface area contributed by atoms with Crippen LogP contribution < -0.4 is 11.1 Å². The first kappa shape index (κ1) is 21.2. The van der Waals surface area contributed by atoms with Crippen LogP contribution in [0.25, 0.3) is 5.57 Å². The maximum absolute atomic E-state index is 12.6. The Morgan fingerprint density at radius 1 is 1.43 bits per heavy atom. The number of thioether (sulfide) groups is 1. The summed E-state index contributed by atoms with van der Waals surface area (Å²) in [4.78, 5) is 12.6. The highest BCUT2D eigenvalue weighted by atomic mass is 35.5. The molecule has 1 aliphatic carbocycles. The molecule has 164 valence electrons. The number of hydrogen-bond donors (Lipinski definition) is 4. The minimum atomic E-state index is -2.33. The summed E-state index contributed by atoms with van der Waals surface area (Å²) in [5, 5.41) is 24.1. The molecule has 1 amide bonds. The van der Waals surface area contributed by atoms with Gasteiger partial charge in [0.25, 0.3) is 0 Å². The van der Waals surface area contributed by atoms with Gasteiger partial charge in [0.05, 0.1) is 16.2 Å². The molecule has 0 fully saturated rings. The van der Waals surface area contributed by atoms with E-state index in [4.69, 9.17) is 9.85 Å². The van der Waals surface area contributed by atoms with Crippen molar-refractivity contribution >= 4 is 35.6 Å². The van der Waals surface area contributed by atoms with Gasteiger partial charge in [-0.25, -0.2) is 0 Å². The van der Waals surface area contributed by atoms with Crippen molar-refractivity contribution in [3.8, 4) is 5.75 Å². The standard InChI is InChI=1S/C23H30N2O3S.ClH/c1-4-6-15-12-18(16-8-9-21(26)17(14-16)7-5-2)22(27)20(13-15)25-23(28)19(24)10-11-29-3;/h4-5,8-9,12-14,19-20,22,26-27H,1-2,6-7,10-11,24H2,3H3,(H,25,28);1H/i8D,9D,22D;. The second-order valence-electron chi connectivity index (χ2n) is 6.73. The first-order chi connectivity index (χ1) is 15.1. The van der Waals surface area contributed by atoms with E-state index >= 15 is 0 Å². The third-order valence-electron chi connectivity index (χ3n) is 4.52. The number of nitrogens with one attached hydrogen (secondary N) is 1. The largest absolute Gasteiger partial charge is 0.508 e. The molecule has 0 saturated carbocycles. The molecule has 0 radical (unpaired) electrons. The van der Waals surface area contributed by atoms with E-state index in [1.807, 2.05) is 6.26 Å². The van der Waals surface area contributed by atoms with E-state index in [-0.39, 0.29) is 41.8 Å². The number of rotatable bonds is 10. The molecule has 0 heterocycles. The Kier molecular flexibility index (Phi) is 8.96. The molecule has 5 nitrogen and oxygen atoms in total. The Balaban J connectivity index is 0.00000544. The van der Waals surface area contributed by atoms with E-state index in [0.29, 0.717) is 29.7 Å². The summed E-state index contributed by atoms with van der Waals surface area (Å²) in [7, 11) is 0. The van der Waals surface area contributed by atoms with Crippen LogP contribution in [0.15, 0.2) is 61.2 Å². The molecule has 1 aromatic rings. The van der Waals surface area contributed by atoms with Gasteiger partial charge < -0.3 is 21.3 Å². The second-order valence-corrected chi connectivity index (χ2v) is 7.71. The van der Waals surface area contributed by atoms with E-state index in [9.17, 15) is 15.0 Å². The number of allylic oxidation sites excluding steroid dienone is 4. The van der Waals surface area contributed by atoms with Crippen molar-refractivity contribution in [1.29, 1.82) is 0 Å². The zero-order valence-electron chi connectivity index (χ0n) is 20.0. The third kappa shape index (κ3) is 6.77. The summed E-state index contributed by atoms with van der Waals surface area (Å²) in [6, 6.07) is -1.17. The Morgan fingerprint density at radius 2 is 2.13 bits per heavy atom. The molecule has 5 N–H and O–H groups in total. The number of phenols is 1. The summed E-state index contributed by atoms with van der Waals surface area (Å²) in [6.07, 6.45) is 7.01. The molecular weight excluding hydrogens is 420 g/mol. The maximum atomic E-state index is 12.6. The number of hydrogen-bond acceptors (Lipinski definition) is 5. The van der Waals surface area contributed by atoms with Gasteiger partial charge in [-0.15, -0.1) is 25.6 Å². The Hall–Kier alpha value is -1.99. The third-order valence-corrected chi connectivity index (χ3v) is 5.17. The lowest BCUT2D eigenvalue weighted by Crippen LogP contribution is -2.50. The molecule has 3 unspecified atom stereocenters. The summed E-state index contributed by atoms with van der Waals surface area (Å²) in [5.74, 6) is -0.133. The predicted octanol–water partition coefficient (Wildman–Crippen LogP) is 3.37. The molecule has 1 aromatic carbocycles. The second kappa shape index (κ2) is 12.6. The lowest BCUT2D eigenvalue weighted by atomic mass is 9.86. The van der Waals surface area contributed by atoms with Crippen LogP contribution in [0.4, 0.5) is 0 Å². The van der Waals surface area contributed by atoms with Crippen LogP contribution in [0, 0.1) is 0 Å². The number of carbonyl (C=O) groups is 1. The van der Waals surface area contributed by atoms with Crippen LogP contribution in [0.2, 0.25) is 0 Å². The van der Waals surface area contributed by atoms with Crippen molar-refractivity contribution in [3.63, 3.8) is 0 Å². The Labute approximate surface area is 193 Å². The van der Waals surface area contributed by atoms with Crippen LogP contribution in [-0.4, -0.2) is 46.3 Å². The molecule has 0 bridgehead atoms. The number of aliphatic hydroxyl groups is 1. The van der Waals surface area contributed by atoms with Crippen molar-refractivity contribution in [2.45, 2.75) is 37.4 Å². The molecule has 2 rings (SSSR count). The number of nitrogens with two attached hydrogens (primary N) is 1. The zero-order chi connectivity index (χ0) is 24.1. The minimum absolute atomic E-state index is 0. The van der Waals surface area contributed by atoms with Gasteiger partial charge in [-0.05, 0) is 65.7 Å². The number of aromatic hydroxyl groups is 1. The fourth-order valence-electron chi connectivity index (χ4n) is 2.97. The number of benzene rings is 1. The van der Waals surface area contributed by atoms with E-state index < -0.39 is 30.1 Å². The SMILES string of the molecule is Cl.[2H]c1c(C2=CC(CC=C)=CC(NC(=O)C(N)CCSC)C2([2H])O)cc(CC=C)c(O)c1[2H]. The molecular formula is C23H31ClN2O3S. The topological polar surface area (TPSA) is 95.6 Å². The van der Waals surface area contributed by atoms with Gasteiger partial charge in [0.15, 0.2) is 0 Å². The fraction of sp³-hybridized carbons (Fsp3) is 0.348. The van der Waals surface area contributed by atoms with E-state index in [0.717, 1.165) is 0 Å². The van der Waals surface area contributed by atoms with Crippen LogP contribution >= 0.6 is 24.2 Å². The van der Waals surface area contributed by atoms with Crippen LogP contribution in [0.3, 0.4) is 0 Å². The Morgan fingerprint density at radius 3 is 2.77 bits per heavy atom. The van der Waals surface area contributed by atoms with Crippen molar-refractivity contribution in [1.82, 2.24) is 5.32 Å². The predicted molar refractivity (Wildman–Crippen MR) is 129 cm³/mol. The van der Waals surface area contributed by atoms with Crippen molar-refractivity contribution in [2.75, 3.05) is 12.0 Å². The van der Waals surface area contributed by atoms with Crippen LogP contribution in [0.1, 0.15) is 28.1 Å². The molecule has 0 aliphatic heterocycles. The van der Waals surface area contributed by atoms with Gasteiger partial charge in [0.2, 0.25) is 5.91 Å². The summed E-state index contributed by atoms with van der Waals surface area (Å²) >= 11 is 1.56. The summed E-state index contributed by atoms with van der Waals surface area (Å²) in [5.41, 5.74) is 7.16. The highest BCUT2D eigenvalue weighted by Crippen LogP contribution is 2.31. The summed E-state index contributed by atoms with van der Waals surface area (Å²) < 4.78 is 25.1. The van der Waals surface area contributed by atoms with Gasteiger partial charge >= 0.3 is 0 Å². The van der Waals surface area contributed by atoms with Gasteiger partial charge in [0, 0.05) is 0 Å². The summed E-state index contributed by atoms with van der Waals surface area (Å²) in [6.45, 7) is 7.36. The fourth-order valence-corrected chi connectivity index (χ4v) is 3.45. The first-order valence-corrected chi connectivity index (χ1v) is 10.7. The normalized spacial score (nSPS) is 22.9. The van der Waals surface area contributed by atoms with E-state index in [1.54, 1.807) is 36.1 Å². The highest BCUT2D eigenvalue weighted by Gasteiger charge is 2.29. The average molecular weight is 454 g/mol. The molecule has 3 atom stereocenters. The van der Waals surface area contributed by atoms with E-state index in [2.05, 4.69) is 18.5 Å². The average Bonchev–Trinajstić information content (AvgIpc) is 2.75.